The SMILES string of the molecule is CC(C)(CCl)Oc1ccc(F)cc1Cl. The first-order valence-corrected chi connectivity index (χ1v) is 5.06. The molecule has 0 bridgehead atoms. The molecule has 0 heterocycles. The van der Waals surface area contributed by atoms with E-state index in [-0.39, 0.29) is 10.8 Å². The van der Waals surface area contributed by atoms with Crippen molar-refractivity contribution in [3.05, 3.63) is 29.0 Å². The molecule has 0 aliphatic heterocycles. The Bertz CT molecular complexity index is 326. The van der Waals surface area contributed by atoms with Gasteiger partial charge in [-0.2, -0.15) is 0 Å². The van der Waals surface area contributed by atoms with Crippen LogP contribution in [0.3, 0.4) is 0 Å². The van der Waals surface area contributed by atoms with Gasteiger partial charge in [-0.15, -0.1) is 11.6 Å². The van der Waals surface area contributed by atoms with Crippen LogP contribution in [-0.2, 0) is 0 Å². The highest BCUT2D eigenvalue weighted by molar-refractivity contribution is 6.32. The molecule has 0 saturated heterocycles. The van der Waals surface area contributed by atoms with E-state index in [0.29, 0.717) is 11.6 Å². The van der Waals surface area contributed by atoms with E-state index in [2.05, 4.69) is 0 Å². The molecule has 0 aliphatic carbocycles. The summed E-state index contributed by atoms with van der Waals surface area (Å²) in [5.74, 6) is 0.394. The van der Waals surface area contributed by atoms with Gasteiger partial charge in [-0.05, 0) is 32.0 Å². The van der Waals surface area contributed by atoms with Gasteiger partial charge in [0.15, 0.2) is 0 Å². The summed E-state index contributed by atoms with van der Waals surface area (Å²) in [5.41, 5.74) is -0.511. The van der Waals surface area contributed by atoms with Gasteiger partial charge >= 0.3 is 0 Å². The first kappa shape index (κ1) is 11.6. The van der Waals surface area contributed by atoms with Crippen molar-refractivity contribution in [1.82, 2.24) is 0 Å². The monoisotopic (exact) mass is 236 g/mol. The second kappa shape index (κ2) is 4.37. The van der Waals surface area contributed by atoms with E-state index in [1.807, 2.05) is 13.8 Å². The average Bonchev–Trinajstić information content (AvgIpc) is 2.10. The molecule has 1 aromatic rings. The Hall–Kier alpha value is -0.470. The molecular formula is C10H11Cl2FO. The van der Waals surface area contributed by atoms with Crippen molar-refractivity contribution >= 4 is 23.2 Å². The fourth-order valence-electron chi connectivity index (χ4n) is 0.883. The van der Waals surface area contributed by atoms with Crippen LogP contribution < -0.4 is 4.74 Å². The second-order valence-electron chi connectivity index (χ2n) is 3.57. The van der Waals surface area contributed by atoms with Crippen molar-refractivity contribution < 1.29 is 9.13 Å². The summed E-state index contributed by atoms with van der Waals surface area (Å²) in [6, 6.07) is 4.00. The number of alkyl halides is 1. The van der Waals surface area contributed by atoms with Gasteiger partial charge in [-0.3, -0.25) is 0 Å². The van der Waals surface area contributed by atoms with Gasteiger partial charge in [0, 0.05) is 0 Å². The quantitative estimate of drug-likeness (QED) is 0.725. The molecule has 0 atom stereocenters. The minimum atomic E-state index is -0.511. The minimum absolute atomic E-state index is 0.253. The van der Waals surface area contributed by atoms with Crippen LogP contribution in [0.15, 0.2) is 18.2 Å². The molecule has 0 amide bonds. The zero-order chi connectivity index (χ0) is 10.8. The molecule has 14 heavy (non-hydrogen) atoms. The van der Waals surface area contributed by atoms with Crippen LogP contribution in [0.4, 0.5) is 4.39 Å². The van der Waals surface area contributed by atoms with E-state index in [1.54, 1.807) is 0 Å². The maximum atomic E-state index is 12.7. The van der Waals surface area contributed by atoms with Crippen LogP contribution in [0.25, 0.3) is 0 Å². The Morgan fingerprint density at radius 3 is 2.57 bits per heavy atom. The van der Waals surface area contributed by atoms with E-state index in [4.69, 9.17) is 27.9 Å². The standard InChI is InChI=1S/C10H11Cl2FO/c1-10(2,6-11)14-9-4-3-7(13)5-8(9)12/h3-5H,6H2,1-2H3. The van der Waals surface area contributed by atoms with Crippen molar-refractivity contribution in [2.75, 3.05) is 5.88 Å². The summed E-state index contributed by atoms with van der Waals surface area (Å²) in [5, 5.41) is 0.253. The molecule has 78 valence electrons. The van der Waals surface area contributed by atoms with E-state index in [9.17, 15) is 4.39 Å². The summed E-state index contributed by atoms with van der Waals surface area (Å²) in [4.78, 5) is 0. The van der Waals surface area contributed by atoms with Gasteiger partial charge < -0.3 is 4.74 Å². The van der Waals surface area contributed by atoms with Gasteiger partial charge in [0.25, 0.3) is 0 Å². The molecule has 0 saturated carbocycles. The minimum Gasteiger partial charge on any atom is -0.485 e. The molecular weight excluding hydrogens is 226 g/mol. The summed E-state index contributed by atoms with van der Waals surface area (Å²) in [6.07, 6.45) is 0. The Balaban J connectivity index is 2.87. The molecule has 1 rings (SSSR count). The van der Waals surface area contributed by atoms with Crippen LogP contribution in [0.5, 0.6) is 5.75 Å². The maximum Gasteiger partial charge on any atom is 0.138 e. The van der Waals surface area contributed by atoms with E-state index in [1.165, 1.54) is 18.2 Å². The number of ether oxygens (including phenoxy) is 1. The third-order valence-corrected chi connectivity index (χ3v) is 2.54. The summed E-state index contributed by atoms with van der Waals surface area (Å²) in [6.45, 7) is 3.67. The lowest BCUT2D eigenvalue weighted by molar-refractivity contribution is 0.134. The number of benzene rings is 1. The second-order valence-corrected chi connectivity index (χ2v) is 4.24. The Labute approximate surface area is 92.8 Å². The molecule has 0 fully saturated rings. The molecule has 0 aromatic heterocycles. The number of halogens is 3. The fraction of sp³-hybridized carbons (Fsp3) is 0.400. The van der Waals surface area contributed by atoms with Crippen molar-refractivity contribution in [1.29, 1.82) is 0 Å². The van der Waals surface area contributed by atoms with Gasteiger partial charge in [0.1, 0.15) is 17.2 Å². The molecule has 0 aliphatic rings. The first-order valence-electron chi connectivity index (χ1n) is 4.15. The predicted octanol–water partition coefficient (Wildman–Crippen LogP) is 3.88. The van der Waals surface area contributed by atoms with Gasteiger partial charge in [0.2, 0.25) is 0 Å². The van der Waals surface area contributed by atoms with Crippen LogP contribution in [0.2, 0.25) is 5.02 Å². The summed E-state index contributed by atoms with van der Waals surface area (Å²) >= 11 is 11.5. The van der Waals surface area contributed by atoms with Gasteiger partial charge in [0.05, 0.1) is 10.9 Å². The Kier molecular flexibility index (Phi) is 3.62. The highest BCUT2D eigenvalue weighted by atomic mass is 35.5. The van der Waals surface area contributed by atoms with E-state index < -0.39 is 5.60 Å². The fourth-order valence-corrected chi connectivity index (χ4v) is 1.14. The van der Waals surface area contributed by atoms with Crippen LogP contribution in [0.1, 0.15) is 13.8 Å². The van der Waals surface area contributed by atoms with Crippen molar-refractivity contribution in [2.45, 2.75) is 19.4 Å². The summed E-state index contributed by atoms with van der Waals surface area (Å²) < 4.78 is 18.2. The van der Waals surface area contributed by atoms with Crippen LogP contribution >= 0.6 is 23.2 Å². The lowest BCUT2D eigenvalue weighted by Crippen LogP contribution is -2.30. The third kappa shape index (κ3) is 3.03. The maximum absolute atomic E-state index is 12.7. The highest BCUT2D eigenvalue weighted by Crippen LogP contribution is 2.28. The van der Waals surface area contributed by atoms with Crippen molar-refractivity contribution in [3.63, 3.8) is 0 Å². The molecule has 0 radical (unpaired) electrons. The van der Waals surface area contributed by atoms with Gasteiger partial charge in [-0.1, -0.05) is 11.6 Å². The molecule has 0 unspecified atom stereocenters. The number of hydrogen-bond donors (Lipinski definition) is 0. The van der Waals surface area contributed by atoms with Crippen molar-refractivity contribution in [3.8, 4) is 5.75 Å². The zero-order valence-corrected chi connectivity index (χ0v) is 9.49. The highest BCUT2D eigenvalue weighted by Gasteiger charge is 2.19. The van der Waals surface area contributed by atoms with Crippen molar-refractivity contribution in [2.24, 2.45) is 0 Å². The summed E-state index contributed by atoms with van der Waals surface area (Å²) in [7, 11) is 0. The van der Waals surface area contributed by atoms with Crippen LogP contribution in [-0.4, -0.2) is 11.5 Å². The number of rotatable bonds is 3. The number of hydrogen-bond acceptors (Lipinski definition) is 1. The first-order chi connectivity index (χ1) is 6.44. The third-order valence-electron chi connectivity index (χ3n) is 1.60. The van der Waals surface area contributed by atoms with Gasteiger partial charge in [-0.25, -0.2) is 4.39 Å². The molecule has 1 nitrogen and oxygen atoms in total. The average molecular weight is 237 g/mol. The van der Waals surface area contributed by atoms with E-state index >= 15 is 0 Å². The topological polar surface area (TPSA) is 9.23 Å². The Morgan fingerprint density at radius 2 is 2.07 bits per heavy atom. The molecule has 4 heteroatoms. The predicted molar refractivity (Wildman–Crippen MR) is 56.8 cm³/mol. The molecule has 0 N–H and O–H groups in total. The normalized spacial score (nSPS) is 11.5. The molecule has 0 spiro atoms. The molecule has 1 aromatic carbocycles. The Morgan fingerprint density at radius 1 is 1.43 bits per heavy atom. The van der Waals surface area contributed by atoms with E-state index in [0.717, 1.165) is 0 Å². The lowest BCUT2D eigenvalue weighted by atomic mass is 10.2. The largest absolute Gasteiger partial charge is 0.485 e. The van der Waals surface area contributed by atoms with Crippen LogP contribution in [0, 0.1) is 5.82 Å². The zero-order valence-electron chi connectivity index (χ0n) is 7.98. The smallest absolute Gasteiger partial charge is 0.138 e. The lowest BCUT2D eigenvalue weighted by Gasteiger charge is -2.24.